The summed E-state index contributed by atoms with van der Waals surface area (Å²) in [7, 11) is 1.62. The first-order valence-corrected chi connectivity index (χ1v) is 6.79. The molecular formula is C13H20ClN3O2. The number of hydrogen-bond donors (Lipinski definition) is 0. The van der Waals surface area contributed by atoms with Crippen LogP contribution in [-0.4, -0.2) is 47.1 Å². The van der Waals surface area contributed by atoms with Gasteiger partial charge in [0.25, 0.3) is 5.91 Å². The van der Waals surface area contributed by atoms with Crippen LogP contribution in [-0.2, 0) is 4.74 Å². The molecule has 0 unspecified atom stereocenters. The van der Waals surface area contributed by atoms with Crippen molar-refractivity contribution >= 4 is 17.5 Å². The van der Waals surface area contributed by atoms with Crippen molar-refractivity contribution < 1.29 is 9.53 Å². The molecule has 6 heteroatoms. The number of halogens is 1. The van der Waals surface area contributed by atoms with Crippen molar-refractivity contribution in [3.63, 3.8) is 0 Å². The summed E-state index contributed by atoms with van der Waals surface area (Å²) in [5.41, 5.74) is 0.274. The fourth-order valence-electron chi connectivity index (χ4n) is 1.96. The Labute approximate surface area is 118 Å². The van der Waals surface area contributed by atoms with Gasteiger partial charge in [0, 0.05) is 19.7 Å². The molecule has 0 spiro atoms. The van der Waals surface area contributed by atoms with Gasteiger partial charge in [-0.2, -0.15) is 0 Å². The monoisotopic (exact) mass is 285 g/mol. The molecule has 0 aliphatic rings. The molecule has 0 radical (unpaired) electrons. The van der Waals surface area contributed by atoms with Gasteiger partial charge in [0.2, 0.25) is 0 Å². The molecule has 0 atom stereocenters. The predicted molar refractivity (Wildman–Crippen MR) is 74.3 cm³/mol. The maximum Gasteiger partial charge on any atom is 0.274 e. The van der Waals surface area contributed by atoms with E-state index in [9.17, 15) is 4.79 Å². The van der Waals surface area contributed by atoms with Crippen LogP contribution in [0.4, 0.5) is 0 Å². The molecule has 0 bridgehead atoms. The van der Waals surface area contributed by atoms with Gasteiger partial charge in [0.05, 0.1) is 19.0 Å². The molecular weight excluding hydrogens is 266 g/mol. The standard InChI is InChI=1S/C13H20ClN3O2/c1-4-10(5-2)17(6-7-19-3)13(18)11-8-15-9-12(14)16-11/h8-10H,4-7H2,1-3H3. The minimum absolute atomic E-state index is 0.152. The number of rotatable bonds is 7. The molecule has 1 heterocycles. The zero-order chi connectivity index (χ0) is 14.3. The number of aromatic nitrogens is 2. The van der Waals surface area contributed by atoms with E-state index in [0.29, 0.717) is 13.2 Å². The Morgan fingerprint density at radius 3 is 2.63 bits per heavy atom. The second kappa shape index (κ2) is 8.07. The molecule has 5 nitrogen and oxygen atoms in total. The van der Waals surface area contributed by atoms with Gasteiger partial charge in [0.15, 0.2) is 0 Å². The molecule has 0 fully saturated rings. The van der Waals surface area contributed by atoms with Crippen molar-refractivity contribution in [2.24, 2.45) is 0 Å². The van der Waals surface area contributed by atoms with Crippen LogP contribution in [0.5, 0.6) is 0 Å². The summed E-state index contributed by atoms with van der Waals surface area (Å²) in [6, 6.07) is 0.170. The molecule has 0 aliphatic heterocycles. The van der Waals surface area contributed by atoms with Crippen LogP contribution in [0.1, 0.15) is 37.2 Å². The predicted octanol–water partition coefficient (Wildman–Crippen LogP) is 2.41. The first-order valence-electron chi connectivity index (χ1n) is 6.41. The Balaban J connectivity index is 2.92. The summed E-state index contributed by atoms with van der Waals surface area (Å²) in [5, 5.41) is 0.224. The highest BCUT2D eigenvalue weighted by molar-refractivity contribution is 6.29. The Morgan fingerprint density at radius 2 is 2.11 bits per heavy atom. The second-order valence-corrected chi connectivity index (χ2v) is 4.58. The van der Waals surface area contributed by atoms with E-state index in [4.69, 9.17) is 16.3 Å². The Kier molecular flexibility index (Phi) is 6.73. The lowest BCUT2D eigenvalue weighted by Crippen LogP contribution is -2.42. The maximum atomic E-state index is 12.5. The van der Waals surface area contributed by atoms with Gasteiger partial charge < -0.3 is 9.64 Å². The van der Waals surface area contributed by atoms with E-state index in [1.807, 2.05) is 0 Å². The molecule has 1 amide bonds. The molecule has 0 saturated heterocycles. The summed E-state index contributed by atoms with van der Waals surface area (Å²) in [4.78, 5) is 22.2. The Bertz CT molecular complexity index is 411. The molecule has 106 valence electrons. The lowest BCUT2D eigenvalue weighted by atomic mass is 10.1. The number of ether oxygens (including phenoxy) is 1. The van der Waals surface area contributed by atoms with Crippen molar-refractivity contribution in [3.05, 3.63) is 23.2 Å². The SMILES string of the molecule is CCC(CC)N(CCOC)C(=O)c1cncc(Cl)n1. The highest BCUT2D eigenvalue weighted by Gasteiger charge is 2.23. The highest BCUT2D eigenvalue weighted by Crippen LogP contribution is 2.13. The first kappa shape index (κ1) is 15.9. The lowest BCUT2D eigenvalue weighted by Gasteiger charge is -2.30. The minimum atomic E-state index is -0.152. The van der Waals surface area contributed by atoms with E-state index < -0.39 is 0 Å². The number of nitrogens with zero attached hydrogens (tertiary/aromatic N) is 3. The van der Waals surface area contributed by atoms with Crippen molar-refractivity contribution in [3.8, 4) is 0 Å². The molecule has 1 aromatic rings. The van der Waals surface area contributed by atoms with Gasteiger partial charge in [-0.1, -0.05) is 25.4 Å². The van der Waals surface area contributed by atoms with E-state index in [0.717, 1.165) is 12.8 Å². The summed E-state index contributed by atoms with van der Waals surface area (Å²) in [6.45, 7) is 5.15. The summed E-state index contributed by atoms with van der Waals surface area (Å²) < 4.78 is 5.07. The van der Waals surface area contributed by atoms with E-state index in [1.165, 1.54) is 12.4 Å². The molecule has 0 saturated carbocycles. The number of methoxy groups -OCH3 is 1. The largest absolute Gasteiger partial charge is 0.383 e. The fourth-order valence-corrected chi connectivity index (χ4v) is 2.11. The minimum Gasteiger partial charge on any atom is -0.383 e. The maximum absolute atomic E-state index is 12.5. The third kappa shape index (κ3) is 4.44. The Morgan fingerprint density at radius 1 is 1.42 bits per heavy atom. The van der Waals surface area contributed by atoms with Crippen LogP contribution in [0, 0.1) is 0 Å². The second-order valence-electron chi connectivity index (χ2n) is 4.19. The average Bonchev–Trinajstić information content (AvgIpc) is 2.43. The molecule has 0 aliphatic carbocycles. The normalized spacial score (nSPS) is 10.8. The van der Waals surface area contributed by atoms with Crippen molar-refractivity contribution in [2.75, 3.05) is 20.3 Å². The molecule has 19 heavy (non-hydrogen) atoms. The van der Waals surface area contributed by atoms with Crippen LogP contribution in [0.3, 0.4) is 0 Å². The number of hydrogen-bond acceptors (Lipinski definition) is 4. The third-order valence-electron chi connectivity index (χ3n) is 3.00. The van der Waals surface area contributed by atoms with Crippen molar-refractivity contribution in [1.82, 2.24) is 14.9 Å². The zero-order valence-corrected chi connectivity index (χ0v) is 12.4. The van der Waals surface area contributed by atoms with Gasteiger partial charge in [0.1, 0.15) is 10.8 Å². The highest BCUT2D eigenvalue weighted by atomic mass is 35.5. The molecule has 0 aromatic carbocycles. The van der Waals surface area contributed by atoms with E-state index in [2.05, 4.69) is 23.8 Å². The van der Waals surface area contributed by atoms with Gasteiger partial charge in [-0.25, -0.2) is 4.98 Å². The lowest BCUT2D eigenvalue weighted by molar-refractivity contribution is 0.0583. The van der Waals surface area contributed by atoms with Gasteiger partial charge >= 0.3 is 0 Å². The fraction of sp³-hybridized carbons (Fsp3) is 0.615. The molecule has 1 rings (SSSR count). The number of carbonyl (C=O) groups excluding carboxylic acids is 1. The molecule has 1 aromatic heterocycles. The number of amides is 1. The van der Waals surface area contributed by atoms with E-state index >= 15 is 0 Å². The quantitative estimate of drug-likeness (QED) is 0.772. The van der Waals surface area contributed by atoms with Gasteiger partial charge in [-0.05, 0) is 12.8 Å². The van der Waals surface area contributed by atoms with Crippen molar-refractivity contribution in [2.45, 2.75) is 32.7 Å². The average molecular weight is 286 g/mol. The van der Waals surface area contributed by atoms with Crippen LogP contribution < -0.4 is 0 Å². The topological polar surface area (TPSA) is 55.3 Å². The van der Waals surface area contributed by atoms with E-state index in [1.54, 1.807) is 12.0 Å². The van der Waals surface area contributed by atoms with Crippen LogP contribution in [0.2, 0.25) is 5.15 Å². The van der Waals surface area contributed by atoms with Crippen LogP contribution in [0.25, 0.3) is 0 Å². The third-order valence-corrected chi connectivity index (χ3v) is 3.19. The van der Waals surface area contributed by atoms with Crippen LogP contribution >= 0.6 is 11.6 Å². The number of carbonyl (C=O) groups is 1. The summed E-state index contributed by atoms with van der Waals surface area (Å²) in [5.74, 6) is -0.152. The molecule has 0 N–H and O–H groups in total. The first-order chi connectivity index (χ1) is 9.13. The van der Waals surface area contributed by atoms with Gasteiger partial charge in [-0.3, -0.25) is 9.78 Å². The summed E-state index contributed by atoms with van der Waals surface area (Å²) >= 11 is 5.78. The van der Waals surface area contributed by atoms with Gasteiger partial charge in [-0.15, -0.1) is 0 Å². The summed E-state index contributed by atoms with van der Waals surface area (Å²) in [6.07, 6.45) is 4.63. The Hall–Kier alpha value is -1.20. The van der Waals surface area contributed by atoms with E-state index in [-0.39, 0.29) is 22.8 Å². The zero-order valence-electron chi connectivity index (χ0n) is 11.6. The van der Waals surface area contributed by atoms with Crippen molar-refractivity contribution in [1.29, 1.82) is 0 Å². The smallest absolute Gasteiger partial charge is 0.274 e. The van der Waals surface area contributed by atoms with Crippen LogP contribution in [0.15, 0.2) is 12.4 Å².